The van der Waals surface area contributed by atoms with E-state index in [1.54, 1.807) is 0 Å². The summed E-state index contributed by atoms with van der Waals surface area (Å²) in [4.78, 5) is 14.8. The second kappa shape index (κ2) is 8.68. The summed E-state index contributed by atoms with van der Waals surface area (Å²) in [5.74, 6) is 2.12. The summed E-state index contributed by atoms with van der Waals surface area (Å²) in [7, 11) is 0. The van der Waals surface area contributed by atoms with E-state index in [9.17, 15) is 0 Å². The summed E-state index contributed by atoms with van der Waals surface area (Å²) in [5, 5.41) is 0. The Balaban J connectivity index is 1.94. The zero-order valence-electron chi connectivity index (χ0n) is 20.0. The predicted molar refractivity (Wildman–Crippen MR) is 123 cm³/mol. The molecule has 0 radical (unpaired) electrons. The number of hydrogen-bond acceptors (Lipinski definition) is 5. The lowest BCUT2D eigenvalue weighted by molar-refractivity contribution is 0.0337. The molecule has 0 amide bonds. The summed E-state index contributed by atoms with van der Waals surface area (Å²) in [6.07, 6.45) is 3.72. The molecular formula is C25H39N3O2. The van der Waals surface area contributed by atoms with Crippen LogP contribution in [0.4, 0.5) is 0 Å². The molecule has 5 heteroatoms. The first-order chi connectivity index (χ1) is 14.3. The second-order valence-corrected chi connectivity index (χ2v) is 9.40. The van der Waals surface area contributed by atoms with Gasteiger partial charge in [-0.15, -0.1) is 0 Å². The predicted octanol–water partition coefficient (Wildman–Crippen LogP) is 5.80. The van der Waals surface area contributed by atoms with Crippen molar-refractivity contribution >= 4 is 11.8 Å². The van der Waals surface area contributed by atoms with Gasteiger partial charge >= 0.3 is 0 Å². The van der Waals surface area contributed by atoms with E-state index < -0.39 is 0 Å². The molecule has 0 unspecified atom stereocenters. The lowest BCUT2D eigenvalue weighted by Crippen LogP contribution is -2.42. The van der Waals surface area contributed by atoms with Gasteiger partial charge in [0, 0.05) is 0 Å². The molecular weight excluding hydrogens is 374 g/mol. The Kier molecular flexibility index (Phi) is 6.59. The fraction of sp³-hybridized carbons (Fsp3) is 0.720. The highest BCUT2D eigenvalue weighted by Crippen LogP contribution is 2.39. The van der Waals surface area contributed by atoms with Crippen LogP contribution in [0, 0.1) is 11.8 Å². The van der Waals surface area contributed by atoms with E-state index >= 15 is 0 Å². The maximum absolute atomic E-state index is 6.47. The Bertz CT molecular complexity index is 741. The lowest BCUT2D eigenvalue weighted by atomic mass is 9.83. The molecule has 0 aromatic carbocycles. The number of aliphatic imine (C=N–C) groups is 2. The molecule has 166 valence electrons. The van der Waals surface area contributed by atoms with Crippen LogP contribution in [-0.4, -0.2) is 40.1 Å². The van der Waals surface area contributed by atoms with Gasteiger partial charge in [-0.25, -0.2) is 15.0 Å². The summed E-state index contributed by atoms with van der Waals surface area (Å²) in [5.41, 5.74) is 1.04. The average Bonchev–Trinajstić information content (AvgIpc) is 3.34. The number of ether oxygens (including phenoxy) is 2. The van der Waals surface area contributed by atoms with Gasteiger partial charge in [0.05, 0.1) is 12.1 Å². The van der Waals surface area contributed by atoms with Crippen LogP contribution in [-0.2, 0) is 9.47 Å². The summed E-state index contributed by atoms with van der Waals surface area (Å²) < 4.78 is 12.9. The standard InChI is InChI=1S/C25H39N3O2/c1-9-24(10-2)20(16(5)6)27-22(29-24)18-14-13-15-19(26-18)23-28-21(17(7)8)25(11-3,12-4)30-23/h13-17,20-21H,9-12H2,1-8H3/t20-,21-/m0/s1. The maximum Gasteiger partial charge on any atom is 0.236 e. The molecule has 1 aromatic rings. The van der Waals surface area contributed by atoms with Crippen LogP contribution < -0.4 is 0 Å². The van der Waals surface area contributed by atoms with Crippen LogP contribution in [0.1, 0.15) is 92.5 Å². The third-order valence-corrected chi connectivity index (χ3v) is 7.03. The average molecular weight is 414 g/mol. The van der Waals surface area contributed by atoms with Gasteiger partial charge in [-0.05, 0) is 49.7 Å². The Morgan fingerprint density at radius 2 is 1.10 bits per heavy atom. The molecule has 0 N–H and O–H groups in total. The molecule has 2 aliphatic rings. The normalized spacial score (nSPS) is 24.6. The number of rotatable bonds is 8. The third-order valence-electron chi connectivity index (χ3n) is 7.03. The Morgan fingerprint density at radius 1 is 0.733 bits per heavy atom. The van der Waals surface area contributed by atoms with Gasteiger partial charge in [0.2, 0.25) is 11.8 Å². The van der Waals surface area contributed by atoms with Crippen LogP contribution in [0.25, 0.3) is 0 Å². The first-order valence-electron chi connectivity index (χ1n) is 11.8. The Hall–Kier alpha value is -1.91. The van der Waals surface area contributed by atoms with E-state index in [1.807, 2.05) is 18.2 Å². The fourth-order valence-corrected chi connectivity index (χ4v) is 5.09. The van der Waals surface area contributed by atoms with Crippen molar-refractivity contribution < 1.29 is 9.47 Å². The van der Waals surface area contributed by atoms with Crippen LogP contribution in [0.3, 0.4) is 0 Å². The smallest absolute Gasteiger partial charge is 0.236 e. The lowest BCUT2D eigenvalue weighted by Gasteiger charge is -2.33. The zero-order chi connectivity index (χ0) is 22.1. The van der Waals surface area contributed by atoms with Gasteiger partial charge in [0.25, 0.3) is 0 Å². The second-order valence-electron chi connectivity index (χ2n) is 9.40. The summed E-state index contributed by atoms with van der Waals surface area (Å²) in [6, 6.07) is 6.24. The molecule has 30 heavy (non-hydrogen) atoms. The minimum Gasteiger partial charge on any atom is -0.467 e. The van der Waals surface area contributed by atoms with E-state index in [4.69, 9.17) is 24.4 Å². The highest BCUT2D eigenvalue weighted by atomic mass is 16.5. The number of aromatic nitrogens is 1. The Morgan fingerprint density at radius 3 is 1.37 bits per heavy atom. The fourth-order valence-electron chi connectivity index (χ4n) is 5.09. The van der Waals surface area contributed by atoms with E-state index in [-0.39, 0.29) is 23.3 Å². The molecule has 3 rings (SSSR count). The van der Waals surface area contributed by atoms with Crippen molar-refractivity contribution in [2.24, 2.45) is 21.8 Å². The number of hydrogen-bond donors (Lipinski definition) is 0. The molecule has 1 aromatic heterocycles. The number of pyridine rings is 1. The van der Waals surface area contributed by atoms with Gasteiger partial charge in [0.1, 0.15) is 22.6 Å². The van der Waals surface area contributed by atoms with Gasteiger partial charge in [-0.3, -0.25) is 0 Å². The van der Waals surface area contributed by atoms with Crippen molar-refractivity contribution in [2.45, 2.75) is 104 Å². The van der Waals surface area contributed by atoms with Crippen LogP contribution in [0.15, 0.2) is 28.2 Å². The van der Waals surface area contributed by atoms with Crippen molar-refractivity contribution in [3.63, 3.8) is 0 Å². The molecule has 3 heterocycles. The molecule has 0 fully saturated rings. The van der Waals surface area contributed by atoms with E-state index in [0.29, 0.717) is 23.6 Å². The first-order valence-corrected chi connectivity index (χ1v) is 11.8. The highest BCUT2D eigenvalue weighted by molar-refractivity contribution is 5.98. The van der Waals surface area contributed by atoms with Crippen molar-refractivity contribution in [2.75, 3.05) is 0 Å². The van der Waals surface area contributed by atoms with Gasteiger partial charge in [-0.1, -0.05) is 61.5 Å². The SMILES string of the molecule is CCC1(CC)OC(c2cccc(C3=N[C@@H](C(C)C)C(CC)(CC)O3)n2)=N[C@H]1C(C)C. The molecule has 0 spiro atoms. The molecule has 5 nitrogen and oxygen atoms in total. The molecule has 0 bridgehead atoms. The van der Waals surface area contributed by atoms with Crippen LogP contribution >= 0.6 is 0 Å². The van der Waals surface area contributed by atoms with Crippen LogP contribution in [0.2, 0.25) is 0 Å². The molecule has 0 saturated carbocycles. The van der Waals surface area contributed by atoms with E-state index in [0.717, 1.165) is 37.1 Å². The Labute approximate surface area is 182 Å². The van der Waals surface area contributed by atoms with Gasteiger partial charge in [0.15, 0.2) is 0 Å². The molecule has 0 saturated heterocycles. The molecule has 0 aliphatic carbocycles. The summed E-state index contributed by atoms with van der Waals surface area (Å²) in [6.45, 7) is 17.6. The highest BCUT2D eigenvalue weighted by Gasteiger charge is 2.47. The molecule has 2 atom stereocenters. The molecule has 2 aliphatic heterocycles. The van der Waals surface area contributed by atoms with E-state index in [2.05, 4.69) is 55.4 Å². The number of nitrogens with zero attached hydrogens (tertiary/aromatic N) is 3. The van der Waals surface area contributed by atoms with Crippen molar-refractivity contribution in [1.29, 1.82) is 0 Å². The topological polar surface area (TPSA) is 56.1 Å². The minimum atomic E-state index is -0.245. The maximum atomic E-state index is 6.47. The van der Waals surface area contributed by atoms with Gasteiger partial charge in [-0.2, -0.15) is 0 Å². The third kappa shape index (κ3) is 3.76. The van der Waals surface area contributed by atoms with Crippen LogP contribution in [0.5, 0.6) is 0 Å². The van der Waals surface area contributed by atoms with Crippen molar-refractivity contribution in [3.8, 4) is 0 Å². The first kappa shape index (κ1) is 22.8. The quantitative estimate of drug-likeness (QED) is 0.541. The largest absolute Gasteiger partial charge is 0.467 e. The zero-order valence-corrected chi connectivity index (χ0v) is 20.0. The summed E-state index contributed by atoms with van der Waals surface area (Å²) >= 11 is 0. The van der Waals surface area contributed by atoms with Crippen molar-refractivity contribution in [3.05, 3.63) is 29.6 Å². The van der Waals surface area contributed by atoms with Gasteiger partial charge < -0.3 is 9.47 Å². The monoisotopic (exact) mass is 413 g/mol. The van der Waals surface area contributed by atoms with Crippen molar-refractivity contribution in [1.82, 2.24) is 4.98 Å². The van der Waals surface area contributed by atoms with E-state index in [1.165, 1.54) is 0 Å². The minimum absolute atomic E-state index is 0.145.